The number of hydrogen-bond donors (Lipinski definition) is 1. The number of benzene rings is 1. The van der Waals surface area contributed by atoms with Crippen molar-refractivity contribution in [2.45, 2.75) is 13.3 Å². The van der Waals surface area contributed by atoms with Crippen LogP contribution < -0.4 is 4.90 Å². The predicted molar refractivity (Wildman–Crippen MR) is 76.8 cm³/mol. The predicted octanol–water partition coefficient (Wildman–Crippen LogP) is 2.19. The minimum atomic E-state index is -0.671. The molecule has 0 unspecified atom stereocenters. The fourth-order valence-corrected chi connectivity index (χ4v) is 2.42. The number of halogens is 1. The number of hydrogen-bond acceptors (Lipinski definition) is 6. The van der Waals surface area contributed by atoms with E-state index in [4.69, 9.17) is 4.74 Å². The van der Waals surface area contributed by atoms with E-state index in [1.807, 2.05) is 0 Å². The molecule has 1 aromatic carbocycles. The maximum atomic E-state index is 13.2. The Morgan fingerprint density at radius 3 is 3.05 bits per heavy atom. The zero-order valence-corrected chi connectivity index (χ0v) is 11.9. The van der Waals surface area contributed by atoms with Crippen LogP contribution >= 0.6 is 0 Å². The summed E-state index contributed by atoms with van der Waals surface area (Å²) < 4.78 is 18.0. The number of ether oxygens (including phenoxy) is 1. The quantitative estimate of drug-likeness (QED) is 0.876. The molecule has 0 saturated carbocycles. The molecule has 1 aliphatic heterocycles. The lowest BCUT2D eigenvalue weighted by Gasteiger charge is -2.17. The average molecular weight is 303 g/mol. The van der Waals surface area contributed by atoms with Crippen LogP contribution in [0.15, 0.2) is 24.4 Å². The Kier molecular flexibility index (Phi) is 3.62. The average Bonchev–Trinajstić information content (AvgIpc) is 2.90. The smallest absolute Gasteiger partial charge is 0.345 e. The highest BCUT2D eigenvalue weighted by Gasteiger charge is 2.24. The Morgan fingerprint density at radius 2 is 2.32 bits per heavy atom. The van der Waals surface area contributed by atoms with Crippen molar-refractivity contribution in [2.24, 2.45) is 0 Å². The van der Waals surface area contributed by atoms with Gasteiger partial charge in [0.1, 0.15) is 11.4 Å². The molecule has 0 aliphatic carbocycles. The number of nitrogens with zero attached hydrogens (tertiary/aromatic N) is 3. The van der Waals surface area contributed by atoms with Crippen molar-refractivity contribution in [3.05, 3.63) is 41.3 Å². The van der Waals surface area contributed by atoms with Gasteiger partial charge in [0.05, 0.1) is 12.8 Å². The SMILES string of the molecule is CCOC(=O)c1cnc(N2CCc3cc(F)ccc32)nc1O. The van der Waals surface area contributed by atoms with Crippen LogP contribution in [-0.2, 0) is 11.2 Å². The Labute approximate surface area is 126 Å². The zero-order chi connectivity index (χ0) is 15.7. The van der Waals surface area contributed by atoms with Gasteiger partial charge < -0.3 is 14.7 Å². The van der Waals surface area contributed by atoms with E-state index in [1.165, 1.54) is 18.3 Å². The summed E-state index contributed by atoms with van der Waals surface area (Å²) in [5.74, 6) is -1.13. The molecule has 0 fully saturated rings. The van der Waals surface area contributed by atoms with Gasteiger partial charge in [-0.2, -0.15) is 4.98 Å². The summed E-state index contributed by atoms with van der Waals surface area (Å²) in [6.45, 7) is 2.45. The van der Waals surface area contributed by atoms with Crippen LogP contribution in [0.1, 0.15) is 22.8 Å². The van der Waals surface area contributed by atoms with Gasteiger partial charge in [0, 0.05) is 12.2 Å². The second kappa shape index (κ2) is 5.59. The molecule has 0 radical (unpaired) electrons. The first-order valence-corrected chi connectivity index (χ1v) is 6.89. The Morgan fingerprint density at radius 1 is 1.50 bits per heavy atom. The fourth-order valence-electron chi connectivity index (χ4n) is 2.42. The molecular weight excluding hydrogens is 289 g/mol. The largest absolute Gasteiger partial charge is 0.493 e. The van der Waals surface area contributed by atoms with Crippen molar-refractivity contribution < 1.29 is 19.0 Å². The lowest BCUT2D eigenvalue weighted by Crippen LogP contribution is -2.17. The third-order valence-corrected chi connectivity index (χ3v) is 3.43. The summed E-state index contributed by atoms with van der Waals surface area (Å²) in [7, 11) is 0. The number of esters is 1. The van der Waals surface area contributed by atoms with Crippen LogP contribution in [0.3, 0.4) is 0 Å². The van der Waals surface area contributed by atoms with E-state index in [-0.39, 0.29) is 23.9 Å². The molecule has 2 aromatic rings. The van der Waals surface area contributed by atoms with Crippen LogP contribution in [0.4, 0.5) is 16.0 Å². The Hall–Kier alpha value is -2.70. The fraction of sp³-hybridized carbons (Fsp3) is 0.267. The van der Waals surface area contributed by atoms with Gasteiger partial charge >= 0.3 is 5.97 Å². The van der Waals surface area contributed by atoms with E-state index >= 15 is 0 Å². The maximum Gasteiger partial charge on any atom is 0.345 e. The Bertz CT molecular complexity index is 736. The maximum absolute atomic E-state index is 13.2. The summed E-state index contributed by atoms with van der Waals surface area (Å²) in [5.41, 5.74) is 1.58. The van der Waals surface area contributed by atoms with Crippen LogP contribution in [0.5, 0.6) is 5.88 Å². The standard InChI is InChI=1S/C15H14FN3O3/c1-2-22-14(21)11-8-17-15(18-13(11)20)19-6-5-9-7-10(16)3-4-12(9)19/h3-4,7-8H,2,5-6H2,1H3,(H,17,18,20). The molecule has 0 atom stereocenters. The second-order valence-corrected chi connectivity index (χ2v) is 4.80. The summed E-state index contributed by atoms with van der Waals surface area (Å²) in [6.07, 6.45) is 1.90. The van der Waals surface area contributed by atoms with Gasteiger partial charge in [-0.25, -0.2) is 14.2 Å². The summed E-state index contributed by atoms with van der Waals surface area (Å²) in [4.78, 5) is 21.4. The zero-order valence-electron chi connectivity index (χ0n) is 11.9. The third-order valence-electron chi connectivity index (χ3n) is 3.43. The van der Waals surface area contributed by atoms with Crippen molar-refractivity contribution >= 4 is 17.6 Å². The number of carbonyl (C=O) groups is 1. The number of rotatable bonds is 3. The van der Waals surface area contributed by atoms with Gasteiger partial charge in [0.25, 0.3) is 0 Å². The number of fused-ring (bicyclic) bond motifs is 1. The number of aromatic nitrogens is 2. The summed E-state index contributed by atoms with van der Waals surface area (Å²) in [5, 5.41) is 9.90. The van der Waals surface area contributed by atoms with E-state index in [0.717, 1.165) is 11.3 Å². The first kappa shape index (κ1) is 14.2. The van der Waals surface area contributed by atoms with Crippen molar-refractivity contribution in [3.8, 4) is 5.88 Å². The van der Waals surface area contributed by atoms with Crippen LogP contribution in [0.2, 0.25) is 0 Å². The van der Waals surface area contributed by atoms with Crippen LogP contribution in [-0.4, -0.2) is 34.2 Å². The van der Waals surface area contributed by atoms with E-state index in [2.05, 4.69) is 9.97 Å². The van der Waals surface area contributed by atoms with Gasteiger partial charge in [-0.1, -0.05) is 0 Å². The van der Waals surface area contributed by atoms with E-state index in [9.17, 15) is 14.3 Å². The minimum absolute atomic E-state index is 0.0795. The highest BCUT2D eigenvalue weighted by molar-refractivity contribution is 5.91. The topological polar surface area (TPSA) is 75.5 Å². The molecule has 2 heterocycles. The molecule has 7 heteroatoms. The molecule has 0 spiro atoms. The van der Waals surface area contributed by atoms with Gasteiger partial charge in [0.15, 0.2) is 0 Å². The van der Waals surface area contributed by atoms with Crippen molar-refractivity contribution in [3.63, 3.8) is 0 Å². The van der Waals surface area contributed by atoms with Crippen LogP contribution in [0, 0.1) is 5.82 Å². The highest BCUT2D eigenvalue weighted by Crippen LogP contribution is 2.33. The van der Waals surface area contributed by atoms with Gasteiger partial charge in [-0.05, 0) is 37.1 Å². The number of aromatic hydroxyl groups is 1. The molecule has 22 heavy (non-hydrogen) atoms. The minimum Gasteiger partial charge on any atom is -0.493 e. The van der Waals surface area contributed by atoms with E-state index < -0.39 is 11.8 Å². The normalized spacial score (nSPS) is 13.1. The van der Waals surface area contributed by atoms with Crippen molar-refractivity contribution in [1.82, 2.24) is 9.97 Å². The molecule has 114 valence electrons. The molecule has 0 bridgehead atoms. The monoisotopic (exact) mass is 303 g/mol. The first-order valence-electron chi connectivity index (χ1n) is 6.89. The van der Waals surface area contributed by atoms with Crippen LogP contribution in [0.25, 0.3) is 0 Å². The summed E-state index contributed by atoms with van der Waals surface area (Å²) in [6, 6.07) is 4.49. The van der Waals surface area contributed by atoms with E-state index in [0.29, 0.717) is 13.0 Å². The molecular formula is C15H14FN3O3. The van der Waals surface area contributed by atoms with Crippen molar-refractivity contribution in [1.29, 1.82) is 0 Å². The Balaban J connectivity index is 1.92. The molecule has 1 N–H and O–H groups in total. The van der Waals surface area contributed by atoms with Gasteiger partial charge in [-0.15, -0.1) is 0 Å². The number of anilines is 2. The van der Waals surface area contributed by atoms with Crippen molar-refractivity contribution in [2.75, 3.05) is 18.1 Å². The molecule has 0 saturated heterocycles. The van der Waals surface area contributed by atoms with Gasteiger partial charge in [-0.3, -0.25) is 0 Å². The second-order valence-electron chi connectivity index (χ2n) is 4.80. The van der Waals surface area contributed by atoms with Gasteiger partial charge in [0.2, 0.25) is 11.8 Å². The molecule has 3 rings (SSSR count). The lowest BCUT2D eigenvalue weighted by atomic mass is 10.2. The third kappa shape index (κ3) is 2.45. The molecule has 0 amide bonds. The molecule has 1 aromatic heterocycles. The first-order chi connectivity index (χ1) is 10.6. The lowest BCUT2D eigenvalue weighted by molar-refractivity contribution is 0.0521. The highest BCUT2D eigenvalue weighted by atomic mass is 19.1. The summed E-state index contributed by atoms with van der Waals surface area (Å²) >= 11 is 0. The molecule has 1 aliphatic rings. The van der Waals surface area contributed by atoms with E-state index in [1.54, 1.807) is 17.9 Å². The molecule has 6 nitrogen and oxygen atoms in total. The number of carbonyl (C=O) groups excluding carboxylic acids is 1.